The molecule has 1 heterocycles. The standard InChI is InChI=1S/C16H19ClN2O/c1-12(2)9-19-10-13-7-8-18-11-16(13)20-15-5-3-14(17)4-6-15/h3-8,11-12,19H,9-10H2,1-2H3. The van der Waals surface area contributed by atoms with E-state index in [0.29, 0.717) is 10.9 Å². The number of aromatic nitrogens is 1. The molecule has 0 amide bonds. The topological polar surface area (TPSA) is 34.2 Å². The van der Waals surface area contributed by atoms with Crippen molar-refractivity contribution in [3.05, 3.63) is 53.3 Å². The number of halogens is 1. The third kappa shape index (κ3) is 4.51. The third-order valence-electron chi connectivity index (χ3n) is 2.78. The Balaban J connectivity index is 2.05. The number of rotatable bonds is 6. The third-order valence-corrected chi connectivity index (χ3v) is 3.03. The second kappa shape index (κ2) is 7.27. The predicted molar refractivity (Wildman–Crippen MR) is 82.3 cm³/mol. The van der Waals surface area contributed by atoms with Gasteiger partial charge in [0.15, 0.2) is 0 Å². The zero-order chi connectivity index (χ0) is 14.4. The van der Waals surface area contributed by atoms with Crippen LogP contribution in [-0.2, 0) is 6.54 Å². The minimum absolute atomic E-state index is 0.623. The lowest BCUT2D eigenvalue weighted by atomic mass is 10.2. The SMILES string of the molecule is CC(C)CNCc1ccncc1Oc1ccc(Cl)cc1. The number of nitrogens with one attached hydrogen (secondary N) is 1. The van der Waals surface area contributed by atoms with E-state index in [-0.39, 0.29) is 0 Å². The van der Waals surface area contributed by atoms with Gasteiger partial charge in [-0.25, -0.2) is 0 Å². The lowest BCUT2D eigenvalue weighted by Crippen LogP contribution is -2.19. The number of hydrogen-bond donors (Lipinski definition) is 1. The van der Waals surface area contributed by atoms with Gasteiger partial charge in [-0.2, -0.15) is 0 Å². The highest BCUT2D eigenvalue weighted by Gasteiger charge is 2.05. The van der Waals surface area contributed by atoms with E-state index in [0.717, 1.165) is 30.2 Å². The highest BCUT2D eigenvalue weighted by molar-refractivity contribution is 6.30. The van der Waals surface area contributed by atoms with Gasteiger partial charge < -0.3 is 10.1 Å². The molecule has 1 aromatic heterocycles. The monoisotopic (exact) mass is 290 g/mol. The largest absolute Gasteiger partial charge is 0.455 e. The summed E-state index contributed by atoms with van der Waals surface area (Å²) in [4.78, 5) is 4.12. The maximum atomic E-state index is 5.87. The zero-order valence-electron chi connectivity index (χ0n) is 11.8. The average Bonchev–Trinajstić information content (AvgIpc) is 2.43. The summed E-state index contributed by atoms with van der Waals surface area (Å²) in [6.45, 7) is 6.11. The van der Waals surface area contributed by atoms with Crippen LogP contribution >= 0.6 is 11.6 Å². The maximum absolute atomic E-state index is 5.87. The summed E-state index contributed by atoms with van der Waals surface area (Å²) < 4.78 is 5.86. The fourth-order valence-electron chi connectivity index (χ4n) is 1.77. The fourth-order valence-corrected chi connectivity index (χ4v) is 1.90. The Morgan fingerprint density at radius 3 is 2.65 bits per heavy atom. The Labute approximate surface area is 124 Å². The van der Waals surface area contributed by atoms with Crippen LogP contribution in [0, 0.1) is 5.92 Å². The molecule has 3 nitrogen and oxygen atoms in total. The molecular weight excluding hydrogens is 272 g/mol. The molecule has 0 aliphatic heterocycles. The van der Waals surface area contributed by atoms with Crippen LogP contribution in [0.5, 0.6) is 11.5 Å². The summed E-state index contributed by atoms with van der Waals surface area (Å²) in [6, 6.07) is 9.29. The highest BCUT2D eigenvalue weighted by Crippen LogP contribution is 2.25. The zero-order valence-corrected chi connectivity index (χ0v) is 12.5. The van der Waals surface area contributed by atoms with Crippen molar-refractivity contribution < 1.29 is 4.74 Å². The van der Waals surface area contributed by atoms with E-state index < -0.39 is 0 Å². The lowest BCUT2D eigenvalue weighted by Gasteiger charge is -2.12. The van der Waals surface area contributed by atoms with Gasteiger partial charge in [0.1, 0.15) is 11.5 Å². The first-order chi connectivity index (χ1) is 9.65. The molecule has 0 fully saturated rings. The summed E-state index contributed by atoms with van der Waals surface area (Å²) >= 11 is 5.87. The van der Waals surface area contributed by atoms with Crippen molar-refractivity contribution >= 4 is 11.6 Å². The van der Waals surface area contributed by atoms with Gasteiger partial charge in [-0.05, 0) is 42.8 Å². The number of hydrogen-bond acceptors (Lipinski definition) is 3. The van der Waals surface area contributed by atoms with E-state index >= 15 is 0 Å². The van der Waals surface area contributed by atoms with Crippen LogP contribution in [0.4, 0.5) is 0 Å². The van der Waals surface area contributed by atoms with Crippen LogP contribution in [0.1, 0.15) is 19.4 Å². The molecule has 0 aliphatic carbocycles. The molecular formula is C16H19ClN2O. The van der Waals surface area contributed by atoms with Gasteiger partial charge in [0.2, 0.25) is 0 Å². The number of nitrogens with zero attached hydrogens (tertiary/aromatic N) is 1. The van der Waals surface area contributed by atoms with Gasteiger partial charge in [-0.15, -0.1) is 0 Å². The first-order valence-corrected chi connectivity index (χ1v) is 7.10. The normalized spacial score (nSPS) is 10.8. The molecule has 0 unspecified atom stereocenters. The summed E-state index contributed by atoms with van der Waals surface area (Å²) in [5.41, 5.74) is 1.09. The van der Waals surface area contributed by atoms with Crippen molar-refractivity contribution in [2.45, 2.75) is 20.4 Å². The Kier molecular flexibility index (Phi) is 5.39. The van der Waals surface area contributed by atoms with E-state index in [4.69, 9.17) is 16.3 Å². The quantitative estimate of drug-likeness (QED) is 0.862. The molecule has 0 aliphatic rings. The first-order valence-electron chi connectivity index (χ1n) is 6.72. The van der Waals surface area contributed by atoms with Gasteiger partial charge in [-0.1, -0.05) is 25.4 Å². The molecule has 0 radical (unpaired) electrons. The smallest absolute Gasteiger partial charge is 0.150 e. The van der Waals surface area contributed by atoms with Crippen LogP contribution in [0.2, 0.25) is 5.02 Å². The second-order valence-corrected chi connectivity index (χ2v) is 5.50. The minimum Gasteiger partial charge on any atom is -0.455 e. The summed E-state index contributed by atoms with van der Waals surface area (Å²) in [6.07, 6.45) is 3.52. The summed E-state index contributed by atoms with van der Waals surface area (Å²) in [5, 5.41) is 4.10. The van der Waals surface area contributed by atoms with Crippen molar-refractivity contribution in [1.82, 2.24) is 10.3 Å². The Morgan fingerprint density at radius 1 is 1.20 bits per heavy atom. The molecule has 0 atom stereocenters. The molecule has 0 saturated carbocycles. The van der Waals surface area contributed by atoms with Crippen LogP contribution in [0.15, 0.2) is 42.7 Å². The van der Waals surface area contributed by atoms with Crippen molar-refractivity contribution in [3.8, 4) is 11.5 Å². The predicted octanol–water partition coefficient (Wildman–Crippen LogP) is 4.27. The second-order valence-electron chi connectivity index (χ2n) is 5.06. The van der Waals surface area contributed by atoms with Gasteiger partial charge in [0, 0.05) is 23.3 Å². The van der Waals surface area contributed by atoms with Crippen molar-refractivity contribution in [2.24, 2.45) is 5.92 Å². The molecule has 20 heavy (non-hydrogen) atoms. The van der Waals surface area contributed by atoms with Crippen LogP contribution in [-0.4, -0.2) is 11.5 Å². The van der Waals surface area contributed by atoms with E-state index in [1.807, 2.05) is 30.3 Å². The maximum Gasteiger partial charge on any atom is 0.150 e. The van der Waals surface area contributed by atoms with Gasteiger partial charge in [0.05, 0.1) is 6.20 Å². The van der Waals surface area contributed by atoms with Crippen molar-refractivity contribution in [3.63, 3.8) is 0 Å². The van der Waals surface area contributed by atoms with Gasteiger partial charge in [0.25, 0.3) is 0 Å². The van der Waals surface area contributed by atoms with Gasteiger partial charge in [-0.3, -0.25) is 4.98 Å². The minimum atomic E-state index is 0.623. The molecule has 0 saturated heterocycles. The number of ether oxygens (including phenoxy) is 1. The lowest BCUT2D eigenvalue weighted by molar-refractivity contribution is 0.466. The Hall–Kier alpha value is -1.58. The molecule has 106 valence electrons. The van der Waals surface area contributed by atoms with Crippen LogP contribution < -0.4 is 10.1 Å². The van der Waals surface area contributed by atoms with Gasteiger partial charge >= 0.3 is 0 Å². The van der Waals surface area contributed by atoms with Crippen molar-refractivity contribution in [2.75, 3.05) is 6.54 Å². The Morgan fingerprint density at radius 2 is 1.95 bits per heavy atom. The average molecular weight is 291 g/mol. The molecule has 0 bridgehead atoms. The van der Waals surface area contributed by atoms with E-state index in [9.17, 15) is 0 Å². The van der Waals surface area contributed by atoms with Crippen LogP contribution in [0.25, 0.3) is 0 Å². The number of benzene rings is 1. The highest BCUT2D eigenvalue weighted by atomic mass is 35.5. The van der Waals surface area contributed by atoms with E-state index in [1.165, 1.54) is 0 Å². The Bertz CT molecular complexity index is 540. The summed E-state index contributed by atoms with van der Waals surface area (Å²) in [5.74, 6) is 2.15. The van der Waals surface area contributed by atoms with E-state index in [1.54, 1.807) is 12.4 Å². The summed E-state index contributed by atoms with van der Waals surface area (Å²) in [7, 11) is 0. The molecule has 1 N–H and O–H groups in total. The van der Waals surface area contributed by atoms with E-state index in [2.05, 4.69) is 24.1 Å². The molecule has 2 aromatic rings. The molecule has 1 aromatic carbocycles. The fraction of sp³-hybridized carbons (Fsp3) is 0.312. The van der Waals surface area contributed by atoms with Crippen molar-refractivity contribution in [1.29, 1.82) is 0 Å². The van der Waals surface area contributed by atoms with Crippen LogP contribution in [0.3, 0.4) is 0 Å². The number of pyridine rings is 1. The molecule has 2 rings (SSSR count). The molecule has 4 heteroatoms. The molecule has 0 spiro atoms. The first kappa shape index (κ1) is 14.8.